The molecule has 0 aliphatic carbocycles. The van der Waals surface area contributed by atoms with Gasteiger partial charge in [-0.2, -0.15) is 4.98 Å². The maximum Gasteiger partial charge on any atom is 0.230 e. The Bertz CT molecular complexity index is 1060. The van der Waals surface area contributed by atoms with Gasteiger partial charge in [-0.25, -0.2) is 4.98 Å². The van der Waals surface area contributed by atoms with E-state index in [-0.39, 0.29) is 0 Å². The number of nitrogens with zero attached hydrogens (tertiary/aromatic N) is 2. The molecule has 0 fully saturated rings. The fourth-order valence-corrected chi connectivity index (χ4v) is 2.90. The third-order valence-corrected chi connectivity index (χ3v) is 4.10. The van der Waals surface area contributed by atoms with Gasteiger partial charge in [0.05, 0.1) is 0 Å². The Morgan fingerprint density at radius 2 is 1.81 bits per heavy atom. The molecule has 2 aromatic carbocycles. The van der Waals surface area contributed by atoms with E-state index < -0.39 is 0 Å². The second kappa shape index (κ2) is 7.37. The summed E-state index contributed by atoms with van der Waals surface area (Å²) in [6, 6.07) is 17.7. The zero-order valence-electron chi connectivity index (χ0n) is 15.3. The minimum atomic E-state index is 0.488. The molecule has 6 heteroatoms. The van der Waals surface area contributed by atoms with Crippen molar-refractivity contribution in [1.82, 2.24) is 15.0 Å². The zero-order chi connectivity index (χ0) is 18.6. The molecule has 136 valence electrons. The fourth-order valence-electron chi connectivity index (χ4n) is 2.90. The Kier molecular flexibility index (Phi) is 4.61. The van der Waals surface area contributed by atoms with Crippen molar-refractivity contribution in [1.29, 1.82) is 0 Å². The number of H-pyrrole nitrogens is 1. The van der Waals surface area contributed by atoms with Crippen molar-refractivity contribution in [3.05, 3.63) is 66.5 Å². The molecule has 0 unspecified atom stereocenters. The molecule has 6 nitrogen and oxygen atoms in total. The highest BCUT2D eigenvalue weighted by molar-refractivity contribution is 5.81. The smallest absolute Gasteiger partial charge is 0.230 e. The molecule has 2 aromatic heterocycles. The van der Waals surface area contributed by atoms with E-state index in [2.05, 4.69) is 38.6 Å². The molecule has 0 amide bonds. The highest BCUT2D eigenvalue weighted by Crippen LogP contribution is 2.26. The van der Waals surface area contributed by atoms with Crippen LogP contribution in [0.25, 0.3) is 10.9 Å². The van der Waals surface area contributed by atoms with E-state index in [9.17, 15) is 0 Å². The number of rotatable bonds is 6. The number of anilines is 3. The van der Waals surface area contributed by atoms with Crippen LogP contribution in [0.3, 0.4) is 0 Å². The molecule has 0 spiro atoms. The molecule has 0 saturated carbocycles. The predicted octanol–water partition coefficient (Wildman–Crippen LogP) is 5.23. The molecule has 4 aromatic rings. The van der Waals surface area contributed by atoms with E-state index in [1.165, 1.54) is 0 Å². The van der Waals surface area contributed by atoms with Gasteiger partial charge in [0, 0.05) is 46.8 Å². The number of ether oxygens (including phenoxy) is 1. The standard InChI is InChI=1S/C21H21N5O/c1-3-22-16-4-6-17(7-5-16)25-21-23-11-10-20(26-21)27-18-8-9-19-15(13-18)12-14(2)24-19/h4-13,22,24H,3H2,1-2H3,(H,23,25,26). The molecule has 0 atom stereocenters. The maximum atomic E-state index is 5.91. The average Bonchev–Trinajstić information content (AvgIpc) is 3.03. The number of hydrogen-bond acceptors (Lipinski definition) is 5. The van der Waals surface area contributed by atoms with Gasteiger partial charge < -0.3 is 20.4 Å². The lowest BCUT2D eigenvalue weighted by Gasteiger charge is -2.09. The van der Waals surface area contributed by atoms with Crippen molar-refractivity contribution in [3.63, 3.8) is 0 Å². The van der Waals surface area contributed by atoms with Crippen molar-refractivity contribution in [2.75, 3.05) is 17.2 Å². The number of fused-ring (bicyclic) bond motifs is 1. The summed E-state index contributed by atoms with van der Waals surface area (Å²) in [5.41, 5.74) is 4.20. The molecule has 0 aliphatic rings. The molecule has 4 rings (SSSR count). The van der Waals surface area contributed by atoms with Crippen LogP contribution in [0, 0.1) is 6.92 Å². The molecule has 2 heterocycles. The van der Waals surface area contributed by atoms with Crippen LogP contribution in [0.5, 0.6) is 11.6 Å². The third kappa shape index (κ3) is 4.00. The van der Waals surface area contributed by atoms with Gasteiger partial charge in [0.15, 0.2) is 0 Å². The molecular weight excluding hydrogens is 338 g/mol. The predicted molar refractivity (Wildman–Crippen MR) is 109 cm³/mol. The summed E-state index contributed by atoms with van der Waals surface area (Å²) < 4.78 is 5.91. The fraction of sp³-hybridized carbons (Fsp3) is 0.143. The van der Waals surface area contributed by atoms with Gasteiger partial charge in [0.1, 0.15) is 5.75 Å². The topological polar surface area (TPSA) is 74.9 Å². The Morgan fingerprint density at radius 1 is 1.00 bits per heavy atom. The van der Waals surface area contributed by atoms with E-state index in [1.54, 1.807) is 12.3 Å². The van der Waals surface area contributed by atoms with Gasteiger partial charge >= 0.3 is 0 Å². The first kappa shape index (κ1) is 16.9. The minimum absolute atomic E-state index is 0.488. The molecule has 0 saturated heterocycles. The number of hydrogen-bond donors (Lipinski definition) is 3. The van der Waals surface area contributed by atoms with Gasteiger partial charge in [0.25, 0.3) is 0 Å². The minimum Gasteiger partial charge on any atom is -0.439 e. The average molecular weight is 359 g/mol. The summed E-state index contributed by atoms with van der Waals surface area (Å²) >= 11 is 0. The summed E-state index contributed by atoms with van der Waals surface area (Å²) in [6.45, 7) is 5.00. The lowest BCUT2D eigenvalue weighted by Crippen LogP contribution is -1.99. The summed E-state index contributed by atoms with van der Waals surface area (Å²) in [4.78, 5) is 12.0. The zero-order valence-corrected chi connectivity index (χ0v) is 15.3. The van der Waals surface area contributed by atoms with Gasteiger partial charge in [-0.05, 0) is 62.4 Å². The van der Waals surface area contributed by atoms with Crippen LogP contribution in [-0.2, 0) is 0 Å². The van der Waals surface area contributed by atoms with Crippen LogP contribution in [0.15, 0.2) is 60.8 Å². The van der Waals surface area contributed by atoms with E-state index in [1.807, 2.05) is 49.4 Å². The van der Waals surface area contributed by atoms with Crippen molar-refractivity contribution < 1.29 is 4.74 Å². The third-order valence-electron chi connectivity index (χ3n) is 4.10. The summed E-state index contributed by atoms with van der Waals surface area (Å²) in [5.74, 6) is 1.71. The maximum absolute atomic E-state index is 5.91. The van der Waals surface area contributed by atoms with Crippen LogP contribution in [0.4, 0.5) is 17.3 Å². The van der Waals surface area contributed by atoms with Crippen LogP contribution in [0.2, 0.25) is 0 Å². The molecule has 0 bridgehead atoms. The Balaban J connectivity index is 1.49. The van der Waals surface area contributed by atoms with Crippen LogP contribution in [0.1, 0.15) is 12.6 Å². The van der Waals surface area contributed by atoms with Crippen molar-refractivity contribution in [2.24, 2.45) is 0 Å². The van der Waals surface area contributed by atoms with Crippen molar-refractivity contribution in [2.45, 2.75) is 13.8 Å². The SMILES string of the molecule is CCNc1ccc(Nc2nccc(Oc3ccc4[nH]c(C)cc4c3)n2)cc1. The van der Waals surface area contributed by atoms with Gasteiger partial charge in [-0.3, -0.25) is 0 Å². The first-order chi connectivity index (χ1) is 13.2. The summed E-state index contributed by atoms with van der Waals surface area (Å²) in [7, 11) is 0. The normalized spacial score (nSPS) is 10.7. The van der Waals surface area contributed by atoms with Crippen LogP contribution < -0.4 is 15.4 Å². The van der Waals surface area contributed by atoms with E-state index in [4.69, 9.17) is 4.74 Å². The van der Waals surface area contributed by atoms with E-state index >= 15 is 0 Å². The summed E-state index contributed by atoms with van der Waals surface area (Å²) in [6.07, 6.45) is 1.68. The van der Waals surface area contributed by atoms with E-state index in [0.29, 0.717) is 11.8 Å². The Hall–Kier alpha value is -3.54. The molecule has 3 N–H and O–H groups in total. The van der Waals surface area contributed by atoms with Crippen molar-refractivity contribution >= 4 is 28.2 Å². The number of aromatic amines is 1. The highest BCUT2D eigenvalue weighted by Gasteiger charge is 2.05. The number of aromatic nitrogens is 3. The first-order valence-corrected chi connectivity index (χ1v) is 8.91. The Morgan fingerprint density at radius 3 is 2.63 bits per heavy atom. The summed E-state index contributed by atoms with van der Waals surface area (Å²) in [5, 5.41) is 7.57. The first-order valence-electron chi connectivity index (χ1n) is 8.91. The number of aryl methyl sites for hydroxylation is 1. The lowest BCUT2D eigenvalue weighted by atomic mass is 10.2. The van der Waals surface area contributed by atoms with E-state index in [0.717, 1.165) is 40.3 Å². The van der Waals surface area contributed by atoms with Gasteiger partial charge in [-0.15, -0.1) is 0 Å². The van der Waals surface area contributed by atoms with Crippen LogP contribution in [-0.4, -0.2) is 21.5 Å². The number of nitrogens with one attached hydrogen (secondary N) is 3. The Labute approximate surface area is 157 Å². The highest BCUT2D eigenvalue weighted by atomic mass is 16.5. The second-order valence-corrected chi connectivity index (χ2v) is 6.25. The molecule has 27 heavy (non-hydrogen) atoms. The quantitative estimate of drug-likeness (QED) is 0.439. The largest absolute Gasteiger partial charge is 0.439 e. The molecular formula is C21H21N5O. The van der Waals surface area contributed by atoms with Gasteiger partial charge in [0.2, 0.25) is 11.8 Å². The number of benzene rings is 2. The van der Waals surface area contributed by atoms with Gasteiger partial charge in [-0.1, -0.05) is 0 Å². The van der Waals surface area contributed by atoms with Crippen molar-refractivity contribution in [3.8, 4) is 11.6 Å². The second-order valence-electron chi connectivity index (χ2n) is 6.25. The molecule has 0 radical (unpaired) electrons. The lowest BCUT2D eigenvalue weighted by molar-refractivity contribution is 0.463. The monoisotopic (exact) mass is 359 g/mol. The molecule has 0 aliphatic heterocycles. The van der Waals surface area contributed by atoms with Crippen LogP contribution >= 0.6 is 0 Å².